The topological polar surface area (TPSA) is 128 Å². The molecule has 46 heavy (non-hydrogen) atoms. The number of nitrogens with zero attached hydrogens (tertiary/aromatic N) is 2. The summed E-state index contributed by atoms with van der Waals surface area (Å²) in [5.74, 6) is -2.22. The van der Waals surface area contributed by atoms with E-state index in [1.165, 1.54) is 16.3 Å². The zero-order valence-electron chi connectivity index (χ0n) is 27.0. The average molecular weight is 631 g/mol. The summed E-state index contributed by atoms with van der Waals surface area (Å²) in [6.07, 6.45) is 7.25. The SMILES string of the molecule is CC(C)(C)OC(=O)N[C@@H]1CCCCC/C=C\[C@@H]2C[C@@]2(C(=O)O)NC(=O)[C@@H]2[C@H]3CN(Cc4cccc5ccccc45)C[C@H]3CN2C1=O. The molecule has 3 aliphatic heterocycles. The van der Waals surface area contributed by atoms with Gasteiger partial charge < -0.3 is 25.4 Å². The number of hydrogen-bond donors (Lipinski definition) is 3. The molecule has 3 amide bonds. The number of amides is 3. The molecule has 0 radical (unpaired) electrons. The van der Waals surface area contributed by atoms with E-state index in [2.05, 4.69) is 45.9 Å². The third-order valence-electron chi connectivity index (χ3n) is 10.0. The van der Waals surface area contributed by atoms with Crippen LogP contribution in [0.1, 0.15) is 64.9 Å². The minimum Gasteiger partial charge on any atom is -0.479 e. The van der Waals surface area contributed by atoms with E-state index in [0.29, 0.717) is 39.0 Å². The maximum Gasteiger partial charge on any atom is 0.408 e. The summed E-state index contributed by atoms with van der Waals surface area (Å²) in [6.45, 7) is 7.70. The number of fused-ring (bicyclic) bond motifs is 5. The van der Waals surface area contributed by atoms with Gasteiger partial charge in [-0.3, -0.25) is 14.5 Å². The van der Waals surface area contributed by atoms with E-state index in [4.69, 9.17) is 4.74 Å². The highest BCUT2D eigenvalue weighted by Crippen LogP contribution is 2.46. The van der Waals surface area contributed by atoms with Gasteiger partial charge in [-0.2, -0.15) is 0 Å². The van der Waals surface area contributed by atoms with Crippen LogP contribution in [0.25, 0.3) is 10.8 Å². The Morgan fingerprint density at radius 2 is 1.83 bits per heavy atom. The number of allylic oxidation sites excluding steroid dienone is 1. The lowest BCUT2D eigenvalue weighted by molar-refractivity contribution is -0.146. The third kappa shape index (κ3) is 6.63. The number of carboxylic acid groups (broad SMARTS) is 1. The van der Waals surface area contributed by atoms with Crippen LogP contribution in [0.2, 0.25) is 0 Å². The molecule has 4 aliphatic rings. The predicted octanol–water partition coefficient (Wildman–Crippen LogP) is 4.47. The Morgan fingerprint density at radius 1 is 1.04 bits per heavy atom. The first-order valence-corrected chi connectivity index (χ1v) is 16.7. The van der Waals surface area contributed by atoms with Gasteiger partial charge in [-0.15, -0.1) is 0 Å². The van der Waals surface area contributed by atoms with Gasteiger partial charge in [0.2, 0.25) is 11.8 Å². The number of carbonyl (C=O) groups excluding carboxylic acids is 3. The van der Waals surface area contributed by atoms with E-state index in [1.807, 2.05) is 24.3 Å². The van der Waals surface area contributed by atoms with E-state index in [1.54, 1.807) is 25.7 Å². The first kappa shape index (κ1) is 32.0. The Kier molecular flexibility index (Phi) is 8.85. The first-order valence-electron chi connectivity index (χ1n) is 16.7. The fourth-order valence-corrected chi connectivity index (χ4v) is 7.71. The van der Waals surface area contributed by atoms with Crippen LogP contribution < -0.4 is 10.6 Å². The normalized spacial score (nSPS) is 31.1. The molecular formula is C36H46N4O6. The second-order valence-electron chi connectivity index (χ2n) is 14.5. The van der Waals surface area contributed by atoms with Gasteiger partial charge in [-0.1, -0.05) is 67.5 Å². The van der Waals surface area contributed by atoms with Crippen molar-refractivity contribution in [1.82, 2.24) is 20.4 Å². The predicted molar refractivity (Wildman–Crippen MR) is 174 cm³/mol. The van der Waals surface area contributed by atoms with Crippen molar-refractivity contribution >= 4 is 34.6 Å². The number of rotatable bonds is 4. The standard InChI is InChI=1S/C36H46N4O6/c1-35(2,3)46-34(45)37-29-17-8-6-4-5-7-15-26-18-36(26,33(43)44)38-31(41)30-28-22-39(20-25(28)21-40(30)32(29)42)19-24-14-11-13-23-12-9-10-16-27(23)24/h7,9-16,25-26,28-30H,4-6,8,17-22H2,1-3H3,(H,37,45)(H,38,41)(H,43,44)/b15-7-/t25-,26+,28-,29+,30-,36+/m0/s1. The van der Waals surface area contributed by atoms with Crippen molar-refractivity contribution in [2.24, 2.45) is 17.8 Å². The molecule has 2 saturated heterocycles. The number of alkyl carbamates (subject to hydrolysis) is 1. The van der Waals surface area contributed by atoms with Crippen molar-refractivity contribution in [3.8, 4) is 0 Å². The highest BCUT2D eigenvalue weighted by molar-refractivity contribution is 5.96. The Balaban J connectivity index is 1.28. The molecule has 3 fully saturated rings. The molecule has 0 bridgehead atoms. The monoisotopic (exact) mass is 630 g/mol. The molecule has 246 valence electrons. The smallest absolute Gasteiger partial charge is 0.408 e. The Hall–Kier alpha value is -3.92. The maximum absolute atomic E-state index is 14.3. The second-order valence-corrected chi connectivity index (χ2v) is 14.5. The first-order chi connectivity index (χ1) is 21.9. The Morgan fingerprint density at radius 3 is 2.61 bits per heavy atom. The highest BCUT2D eigenvalue weighted by Gasteiger charge is 2.62. The lowest BCUT2D eigenvalue weighted by Crippen LogP contribution is -2.58. The van der Waals surface area contributed by atoms with Gasteiger partial charge in [0.05, 0.1) is 0 Å². The van der Waals surface area contributed by atoms with Crippen molar-refractivity contribution in [2.75, 3.05) is 19.6 Å². The van der Waals surface area contributed by atoms with Crippen LogP contribution in [0.3, 0.4) is 0 Å². The van der Waals surface area contributed by atoms with Crippen molar-refractivity contribution in [1.29, 1.82) is 0 Å². The molecule has 6 atom stereocenters. The molecule has 0 aromatic heterocycles. The summed E-state index contributed by atoms with van der Waals surface area (Å²) < 4.78 is 5.50. The minimum atomic E-state index is -1.37. The van der Waals surface area contributed by atoms with Crippen LogP contribution >= 0.6 is 0 Å². The fraction of sp³-hybridized carbons (Fsp3) is 0.556. The zero-order valence-corrected chi connectivity index (χ0v) is 27.0. The van der Waals surface area contributed by atoms with Crippen molar-refractivity contribution in [3.63, 3.8) is 0 Å². The van der Waals surface area contributed by atoms with E-state index >= 15 is 0 Å². The van der Waals surface area contributed by atoms with Gasteiger partial charge in [0.1, 0.15) is 23.2 Å². The molecule has 6 rings (SSSR count). The van der Waals surface area contributed by atoms with Crippen LogP contribution in [-0.4, -0.2) is 81.6 Å². The highest BCUT2D eigenvalue weighted by atomic mass is 16.6. The number of nitrogens with one attached hydrogen (secondary N) is 2. The van der Waals surface area contributed by atoms with Gasteiger partial charge in [0.15, 0.2) is 0 Å². The number of hydrogen-bond acceptors (Lipinski definition) is 6. The number of likely N-dealkylation sites (tertiary alicyclic amines) is 1. The number of carboxylic acids is 1. The molecule has 1 saturated carbocycles. The van der Waals surface area contributed by atoms with Crippen molar-refractivity contribution in [3.05, 3.63) is 60.2 Å². The van der Waals surface area contributed by atoms with Gasteiger partial charge >= 0.3 is 12.1 Å². The van der Waals surface area contributed by atoms with Gasteiger partial charge in [-0.05, 0) is 68.7 Å². The van der Waals surface area contributed by atoms with Gasteiger partial charge in [0.25, 0.3) is 0 Å². The molecule has 0 spiro atoms. The Labute approximate surface area is 270 Å². The van der Waals surface area contributed by atoms with Crippen LogP contribution in [-0.2, 0) is 25.7 Å². The molecular weight excluding hydrogens is 584 g/mol. The largest absolute Gasteiger partial charge is 0.479 e. The molecule has 3 N–H and O–H groups in total. The third-order valence-corrected chi connectivity index (χ3v) is 10.0. The quantitative estimate of drug-likeness (QED) is 0.426. The van der Waals surface area contributed by atoms with E-state index in [9.17, 15) is 24.3 Å². The summed E-state index contributed by atoms with van der Waals surface area (Å²) >= 11 is 0. The van der Waals surface area contributed by atoms with Crippen molar-refractivity contribution < 1.29 is 29.0 Å². The van der Waals surface area contributed by atoms with Gasteiger partial charge in [-0.25, -0.2) is 9.59 Å². The molecule has 0 unspecified atom stereocenters. The molecule has 1 aliphatic carbocycles. The number of aliphatic carboxylic acids is 1. The summed E-state index contributed by atoms with van der Waals surface area (Å²) in [5, 5.41) is 18.3. The van der Waals surface area contributed by atoms with Gasteiger partial charge in [0, 0.05) is 38.0 Å². The fourth-order valence-electron chi connectivity index (χ4n) is 7.71. The van der Waals surface area contributed by atoms with E-state index in [-0.39, 0.29) is 23.7 Å². The van der Waals surface area contributed by atoms with Crippen LogP contribution in [0.15, 0.2) is 54.6 Å². The minimum absolute atomic E-state index is 0.0337. The summed E-state index contributed by atoms with van der Waals surface area (Å²) in [4.78, 5) is 57.8. The summed E-state index contributed by atoms with van der Waals surface area (Å²) in [6, 6.07) is 12.9. The molecule has 3 heterocycles. The van der Waals surface area contributed by atoms with Crippen LogP contribution in [0.5, 0.6) is 0 Å². The summed E-state index contributed by atoms with van der Waals surface area (Å²) in [5.41, 5.74) is -0.890. The lowest BCUT2D eigenvalue weighted by atomic mass is 9.93. The second kappa shape index (κ2) is 12.7. The van der Waals surface area contributed by atoms with E-state index < -0.39 is 41.2 Å². The number of carbonyl (C=O) groups is 4. The van der Waals surface area contributed by atoms with Crippen molar-refractivity contribution in [2.45, 2.75) is 89.1 Å². The van der Waals surface area contributed by atoms with Crippen LogP contribution in [0, 0.1) is 17.8 Å². The van der Waals surface area contributed by atoms with E-state index in [0.717, 1.165) is 25.7 Å². The molecule has 10 nitrogen and oxygen atoms in total. The number of benzene rings is 2. The molecule has 2 aromatic carbocycles. The maximum atomic E-state index is 14.3. The Bertz CT molecular complexity index is 1530. The molecule has 10 heteroatoms. The zero-order chi connectivity index (χ0) is 32.6. The summed E-state index contributed by atoms with van der Waals surface area (Å²) in [7, 11) is 0. The van der Waals surface area contributed by atoms with Crippen LogP contribution in [0.4, 0.5) is 4.79 Å². The molecule has 2 aromatic rings. The average Bonchev–Trinajstić information content (AvgIpc) is 3.37. The number of ether oxygens (including phenoxy) is 1. The lowest BCUT2D eigenvalue weighted by Gasteiger charge is -2.33.